The summed E-state index contributed by atoms with van der Waals surface area (Å²) in [5, 5.41) is 31.1. The van der Waals surface area contributed by atoms with Gasteiger partial charge in [0, 0.05) is 6.42 Å². The Morgan fingerprint density at radius 3 is 2.60 bits per heavy atom. The summed E-state index contributed by atoms with van der Waals surface area (Å²) in [4.78, 5) is 0. The smallest absolute Gasteiger partial charge is 0.0783 e. The highest BCUT2D eigenvalue weighted by Crippen LogP contribution is 2.36. The van der Waals surface area contributed by atoms with Crippen molar-refractivity contribution >= 4 is 0 Å². The fourth-order valence-electron chi connectivity index (χ4n) is 2.26. The third kappa shape index (κ3) is 4.07. The maximum Gasteiger partial charge on any atom is 0.0783 e. The second kappa shape index (κ2) is 4.37. The molecule has 1 fully saturated rings. The number of hydrogen-bond donors (Lipinski definition) is 2. The molecule has 0 spiro atoms. The van der Waals surface area contributed by atoms with Crippen LogP contribution in [0.25, 0.3) is 0 Å². The number of hydrogen-bond acceptors (Lipinski definition) is 3. The van der Waals surface area contributed by atoms with Crippen LogP contribution in [-0.4, -0.2) is 47.2 Å². The van der Waals surface area contributed by atoms with Crippen molar-refractivity contribution in [3.05, 3.63) is 5.21 Å². The minimum atomic E-state index is -0.714. The van der Waals surface area contributed by atoms with Crippen molar-refractivity contribution in [2.45, 2.75) is 44.3 Å². The van der Waals surface area contributed by atoms with Gasteiger partial charge in [-0.3, -0.25) is 0 Å². The third-order valence-corrected chi connectivity index (χ3v) is 3.44. The van der Waals surface area contributed by atoms with Crippen LogP contribution in [0.5, 0.6) is 0 Å². The lowest BCUT2D eigenvalue weighted by Gasteiger charge is -2.42. The summed E-state index contributed by atoms with van der Waals surface area (Å²) >= 11 is 0. The topological polar surface area (TPSA) is 63.5 Å². The summed E-state index contributed by atoms with van der Waals surface area (Å²) in [6.45, 7) is 2.31. The van der Waals surface area contributed by atoms with Crippen LogP contribution in [0, 0.1) is 11.1 Å². The lowest BCUT2D eigenvalue weighted by molar-refractivity contribution is -0.840. The van der Waals surface area contributed by atoms with E-state index in [1.807, 2.05) is 6.92 Å². The van der Waals surface area contributed by atoms with Crippen molar-refractivity contribution in [3.8, 4) is 0 Å². The number of aliphatic hydroxyl groups is 2. The Balaban J connectivity index is 2.50. The van der Waals surface area contributed by atoms with Crippen LogP contribution in [0.3, 0.4) is 0 Å². The molecular formula is C11H23NO3. The van der Waals surface area contributed by atoms with E-state index in [9.17, 15) is 15.4 Å². The molecule has 0 amide bonds. The lowest BCUT2D eigenvalue weighted by Crippen LogP contribution is -2.44. The predicted octanol–water partition coefficient (Wildman–Crippen LogP) is 0.863. The highest BCUT2D eigenvalue weighted by Gasteiger charge is 2.38. The van der Waals surface area contributed by atoms with Gasteiger partial charge in [-0.05, 0) is 32.1 Å². The second-order valence-electron chi connectivity index (χ2n) is 5.57. The Labute approximate surface area is 91.7 Å². The van der Waals surface area contributed by atoms with Gasteiger partial charge < -0.3 is 20.1 Å². The molecule has 4 heteroatoms. The molecule has 1 aliphatic carbocycles. The van der Waals surface area contributed by atoms with Crippen molar-refractivity contribution in [2.24, 2.45) is 5.92 Å². The predicted molar refractivity (Wildman–Crippen MR) is 58.9 cm³/mol. The normalized spacial score (nSPS) is 38.0. The molecular weight excluding hydrogens is 194 g/mol. The molecule has 0 saturated heterocycles. The van der Waals surface area contributed by atoms with Crippen LogP contribution in [0.1, 0.15) is 32.6 Å². The summed E-state index contributed by atoms with van der Waals surface area (Å²) in [6, 6.07) is 0. The minimum absolute atomic E-state index is 0.0487. The van der Waals surface area contributed by atoms with E-state index in [1.165, 1.54) is 0 Å². The number of aliphatic hydroxyl groups excluding tert-OH is 1. The molecule has 0 aromatic heterocycles. The lowest BCUT2D eigenvalue weighted by atomic mass is 9.74. The monoisotopic (exact) mass is 217 g/mol. The van der Waals surface area contributed by atoms with E-state index in [4.69, 9.17) is 0 Å². The van der Waals surface area contributed by atoms with Gasteiger partial charge in [-0.15, -0.1) is 0 Å². The van der Waals surface area contributed by atoms with E-state index in [0.717, 1.165) is 0 Å². The van der Waals surface area contributed by atoms with Gasteiger partial charge in [-0.25, -0.2) is 0 Å². The Bertz CT molecular complexity index is 210. The molecule has 0 aromatic carbocycles. The molecule has 2 N–H and O–H groups in total. The summed E-state index contributed by atoms with van der Waals surface area (Å²) in [5.41, 5.74) is -0.714. The van der Waals surface area contributed by atoms with Crippen LogP contribution < -0.4 is 0 Å². The molecule has 1 saturated carbocycles. The van der Waals surface area contributed by atoms with E-state index in [1.54, 1.807) is 14.1 Å². The largest absolute Gasteiger partial charge is 0.633 e. The summed E-state index contributed by atoms with van der Waals surface area (Å²) in [6.07, 6.45) is 2.29. The molecule has 0 heterocycles. The first-order chi connectivity index (χ1) is 6.71. The highest BCUT2D eigenvalue weighted by atomic mass is 16.5. The van der Waals surface area contributed by atoms with Gasteiger partial charge in [0.25, 0.3) is 0 Å². The molecule has 1 aliphatic rings. The van der Waals surface area contributed by atoms with Gasteiger partial charge >= 0.3 is 0 Å². The van der Waals surface area contributed by atoms with Crippen LogP contribution in [0.4, 0.5) is 0 Å². The molecule has 3 unspecified atom stereocenters. The van der Waals surface area contributed by atoms with Crippen LogP contribution >= 0.6 is 0 Å². The van der Waals surface area contributed by atoms with Gasteiger partial charge in [-0.2, -0.15) is 0 Å². The van der Waals surface area contributed by atoms with Crippen LogP contribution in [0.15, 0.2) is 0 Å². The van der Waals surface area contributed by atoms with Gasteiger partial charge in [0.1, 0.15) is 0 Å². The maximum absolute atomic E-state index is 11.4. The first-order valence-corrected chi connectivity index (χ1v) is 5.65. The third-order valence-electron chi connectivity index (χ3n) is 3.44. The zero-order valence-corrected chi connectivity index (χ0v) is 9.94. The number of rotatable bonds is 3. The molecule has 1 rings (SSSR count). The van der Waals surface area contributed by atoms with E-state index in [0.29, 0.717) is 32.2 Å². The van der Waals surface area contributed by atoms with E-state index in [-0.39, 0.29) is 16.7 Å². The molecule has 0 aliphatic heterocycles. The fourth-order valence-corrected chi connectivity index (χ4v) is 2.26. The molecule has 4 nitrogen and oxygen atoms in total. The summed E-state index contributed by atoms with van der Waals surface area (Å²) in [7, 11) is 3.21. The zero-order valence-electron chi connectivity index (χ0n) is 9.94. The minimum Gasteiger partial charge on any atom is -0.633 e. The second-order valence-corrected chi connectivity index (χ2v) is 5.57. The van der Waals surface area contributed by atoms with E-state index in [2.05, 4.69) is 0 Å². The molecule has 90 valence electrons. The average Bonchev–Trinajstić information content (AvgIpc) is 2.05. The SMILES string of the molecule is CC1(O)CCC(O)CC1CC[N+](C)(C)[O-]. The van der Waals surface area contributed by atoms with Crippen molar-refractivity contribution in [3.63, 3.8) is 0 Å². The Hall–Kier alpha value is -0.160. The number of nitrogens with zero attached hydrogens (tertiary/aromatic N) is 1. The fraction of sp³-hybridized carbons (Fsp3) is 1.00. The van der Waals surface area contributed by atoms with Gasteiger partial charge in [0.15, 0.2) is 0 Å². The Morgan fingerprint density at radius 2 is 2.07 bits per heavy atom. The van der Waals surface area contributed by atoms with Crippen molar-refractivity contribution in [1.82, 2.24) is 0 Å². The molecule has 15 heavy (non-hydrogen) atoms. The van der Waals surface area contributed by atoms with Crippen LogP contribution in [-0.2, 0) is 0 Å². The van der Waals surface area contributed by atoms with Crippen molar-refractivity contribution < 1.29 is 14.9 Å². The van der Waals surface area contributed by atoms with Gasteiger partial charge in [0.05, 0.1) is 32.3 Å². The van der Waals surface area contributed by atoms with E-state index < -0.39 is 5.60 Å². The maximum atomic E-state index is 11.4. The van der Waals surface area contributed by atoms with Crippen molar-refractivity contribution in [1.29, 1.82) is 0 Å². The number of hydroxylamine groups is 3. The summed E-state index contributed by atoms with van der Waals surface area (Å²) < 4.78 is -0.331. The zero-order chi connectivity index (χ0) is 11.7. The standard InChI is InChI=1S/C11H23NO3/c1-11(14)6-4-10(13)8-9(11)5-7-12(2,3)15/h9-10,13-14H,4-8H2,1-3H3. The Morgan fingerprint density at radius 1 is 1.47 bits per heavy atom. The van der Waals surface area contributed by atoms with Crippen LogP contribution in [0.2, 0.25) is 0 Å². The van der Waals surface area contributed by atoms with Gasteiger partial charge in [-0.1, -0.05) is 0 Å². The van der Waals surface area contributed by atoms with Gasteiger partial charge in [0.2, 0.25) is 0 Å². The molecule has 3 atom stereocenters. The first-order valence-electron chi connectivity index (χ1n) is 5.65. The van der Waals surface area contributed by atoms with E-state index >= 15 is 0 Å². The highest BCUT2D eigenvalue weighted by molar-refractivity contribution is 4.89. The van der Waals surface area contributed by atoms with Crippen molar-refractivity contribution in [2.75, 3.05) is 20.6 Å². The Kier molecular flexibility index (Phi) is 3.76. The molecule has 0 aromatic rings. The first kappa shape index (κ1) is 12.9. The molecule has 0 radical (unpaired) electrons. The quantitative estimate of drug-likeness (QED) is 0.544. The average molecular weight is 217 g/mol. The molecule has 0 bridgehead atoms. The number of quaternary nitrogens is 1. The summed E-state index contributed by atoms with van der Waals surface area (Å²) in [5.74, 6) is 0.0487.